The molecule has 41 heavy (non-hydrogen) atoms. The van der Waals surface area contributed by atoms with Crippen molar-refractivity contribution in [3.05, 3.63) is 96.1 Å². The highest BCUT2D eigenvalue weighted by Gasteiger charge is 2.32. The number of carbonyl (C=O) groups excluding carboxylic acids is 2. The Morgan fingerprint density at radius 3 is 2.10 bits per heavy atom. The van der Waals surface area contributed by atoms with E-state index < -0.39 is 21.6 Å². The lowest BCUT2D eigenvalue weighted by Crippen LogP contribution is -2.54. The number of nitrogens with zero attached hydrogens (tertiary/aromatic N) is 2. The Hall–Kier alpha value is -3.85. The molecule has 1 N–H and O–H groups in total. The summed E-state index contributed by atoms with van der Waals surface area (Å²) in [4.78, 5) is 29.2. The number of methoxy groups -OCH3 is 1. The zero-order valence-corrected chi connectivity index (χ0v) is 25.4. The lowest BCUT2D eigenvalue weighted by atomic mass is 10.00. The molecule has 0 aliphatic carbocycles. The number of rotatable bonds is 13. The van der Waals surface area contributed by atoms with Crippen LogP contribution >= 0.6 is 0 Å². The fourth-order valence-corrected chi connectivity index (χ4v) is 5.54. The molecular formula is C32H41N3O5S. The van der Waals surface area contributed by atoms with Gasteiger partial charge in [-0.3, -0.25) is 13.9 Å². The second-order valence-electron chi connectivity index (χ2n) is 11.1. The summed E-state index contributed by atoms with van der Waals surface area (Å²) < 4.78 is 31.8. The molecule has 0 fully saturated rings. The Labute approximate surface area is 244 Å². The Morgan fingerprint density at radius 2 is 1.51 bits per heavy atom. The molecule has 0 saturated heterocycles. The van der Waals surface area contributed by atoms with E-state index in [9.17, 15) is 18.0 Å². The van der Waals surface area contributed by atoms with Gasteiger partial charge in [-0.05, 0) is 62.6 Å². The van der Waals surface area contributed by atoms with Gasteiger partial charge in [0.05, 0.1) is 19.1 Å². The maximum Gasteiger partial charge on any atom is 0.243 e. The van der Waals surface area contributed by atoms with Gasteiger partial charge in [0.25, 0.3) is 0 Å². The maximum absolute atomic E-state index is 13.9. The SMILES string of the molecule is COc1cccc(CN(C(=O)CCCN(c2ccccc2)S(C)(=O)=O)[C@H](Cc2ccccc2)C(=O)NC(C)(C)C)c1. The molecule has 3 aromatic rings. The van der Waals surface area contributed by atoms with Gasteiger partial charge < -0.3 is 15.0 Å². The fraction of sp³-hybridized carbons (Fsp3) is 0.375. The molecule has 0 bridgehead atoms. The standard InChI is InChI=1S/C32H41N3O5S/c1-32(2,3)33-31(37)29(23-25-14-8-6-9-15-25)34(24-26-16-12-19-28(22-26)40-4)30(36)20-13-21-35(41(5,38)39)27-17-10-7-11-18-27/h6-12,14-19,22,29H,13,20-21,23-24H2,1-5H3,(H,33,37)/t29-/m1/s1. The quantitative estimate of drug-likeness (QED) is 0.314. The number of ether oxygens (including phenoxy) is 1. The van der Waals surface area contributed by atoms with Crippen molar-refractivity contribution in [1.29, 1.82) is 0 Å². The molecule has 0 saturated carbocycles. The van der Waals surface area contributed by atoms with Gasteiger partial charge in [-0.2, -0.15) is 0 Å². The number of hydrogen-bond donors (Lipinski definition) is 1. The van der Waals surface area contributed by atoms with Crippen LogP contribution in [0.1, 0.15) is 44.7 Å². The number of carbonyl (C=O) groups is 2. The van der Waals surface area contributed by atoms with Gasteiger partial charge in [-0.1, -0.05) is 60.7 Å². The molecule has 0 aliphatic rings. The zero-order valence-electron chi connectivity index (χ0n) is 24.5. The maximum atomic E-state index is 13.9. The minimum Gasteiger partial charge on any atom is -0.497 e. The van der Waals surface area contributed by atoms with Crippen molar-refractivity contribution in [3.8, 4) is 5.75 Å². The molecule has 0 radical (unpaired) electrons. The number of amides is 2. The first kappa shape index (κ1) is 31.7. The highest BCUT2D eigenvalue weighted by Crippen LogP contribution is 2.21. The molecule has 9 heteroatoms. The molecule has 3 rings (SSSR count). The second-order valence-corrected chi connectivity index (χ2v) is 13.0. The predicted octanol–water partition coefficient (Wildman–Crippen LogP) is 4.80. The van der Waals surface area contributed by atoms with E-state index in [2.05, 4.69) is 5.32 Å². The highest BCUT2D eigenvalue weighted by atomic mass is 32.2. The van der Waals surface area contributed by atoms with E-state index >= 15 is 0 Å². The number of benzene rings is 3. The van der Waals surface area contributed by atoms with E-state index in [0.29, 0.717) is 17.9 Å². The first-order chi connectivity index (χ1) is 19.4. The lowest BCUT2D eigenvalue weighted by Gasteiger charge is -2.34. The molecule has 0 heterocycles. The number of anilines is 1. The van der Waals surface area contributed by atoms with Crippen LogP contribution in [0.25, 0.3) is 0 Å². The smallest absolute Gasteiger partial charge is 0.243 e. The molecule has 0 spiro atoms. The third-order valence-corrected chi connectivity index (χ3v) is 7.65. The molecule has 2 amide bonds. The Balaban J connectivity index is 1.91. The van der Waals surface area contributed by atoms with Gasteiger partial charge >= 0.3 is 0 Å². The average Bonchev–Trinajstić information content (AvgIpc) is 2.92. The van der Waals surface area contributed by atoms with Crippen LogP contribution < -0.4 is 14.4 Å². The number of para-hydroxylation sites is 1. The molecule has 0 aliphatic heterocycles. The Morgan fingerprint density at radius 1 is 0.902 bits per heavy atom. The van der Waals surface area contributed by atoms with Crippen LogP contribution in [-0.2, 0) is 32.6 Å². The van der Waals surface area contributed by atoms with E-state index in [-0.39, 0.29) is 37.7 Å². The van der Waals surface area contributed by atoms with Crippen molar-refractivity contribution >= 4 is 27.5 Å². The van der Waals surface area contributed by atoms with Crippen molar-refractivity contribution in [2.75, 3.05) is 24.2 Å². The van der Waals surface area contributed by atoms with Gasteiger partial charge in [0, 0.05) is 31.5 Å². The third kappa shape index (κ3) is 9.93. The summed E-state index contributed by atoms with van der Waals surface area (Å²) in [6, 6.07) is 25.1. The predicted molar refractivity (Wildman–Crippen MR) is 163 cm³/mol. The van der Waals surface area contributed by atoms with Crippen molar-refractivity contribution < 1.29 is 22.7 Å². The highest BCUT2D eigenvalue weighted by molar-refractivity contribution is 7.92. The van der Waals surface area contributed by atoms with E-state index in [1.807, 2.05) is 81.4 Å². The molecule has 0 unspecified atom stereocenters. The van der Waals surface area contributed by atoms with E-state index in [0.717, 1.165) is 17.4 Å². The third-order valence-electron chi connectivity index (χ3n) is 6.45. The molecular weight excluding hydrogens is 538 g/mol. The van der Waals surface area contributed by atoms with Crippen LogP contribution in [0.4, 0.5) is 5.69 Å². The van der Waals surface area contributed by atoms with Crippen LogP contribution in [-0.4, -0.2) is 56.6 Å². The van der Waals surface area contributed by atoms with Crippen molar-refractivity contribution in [3.63, 3.8) is 0 Å². The molecule has 0 aromatic heterocycles. The van der Waals surface area contributed by atoms with Crippen LogP contribution in [0.5, 0.6) is 5.75 Å². The van der Waals surface area contributed by atoms with Crippen molar-refractivity contribution in [2.24, 2.45) is 0 Å². The Bertz CT molecular complexity index is 1390. The van der Waals surface area contributed by atoms with E-state index in [1.54, 1.807) is 36.3 Å². The van der Waals surface area contributed by atoms with Gasteiger partial charge in [0.2, 0.25) is 21.8 Å². The summed E-state index contributed by atoms with van der Waals surface area (Å²) in [7, 11) is -1.97. The molecule has 220 valence electrons. The van der Waals surface area contributed by atoms with Crippen LogP contribution in [0, 0.1) is 0 Å². The minimum absolute atomic E-state index is 0.0664. The second kappa shape index (κ2) is 14.2. The summed E-state index contributed by atoms with van der Waals surface area (Å²) in [5.41, 5.74) is 1.79. The van der Waals surface area contributed by atoms with Gasteiger partial charge in [-0.25, -0.2) is 8.42 Å². The number of hydrogen-bond acceptors (Lipinski definition) is 5. The van der Waals surface area contributed by atoms with Crippen LogP contribution in [0.2, 0.25) is 0 Å². The molecule has 8 nitrogen and oxygen atoms in total. The normalized spacial score (nSPS) is 12.3. The summed E-state index contributed by atoms with van der Waals surface area (Å²) >= 11 is 0. The van der Waals surface area contributed by atoms with Gasteiger partial charge in [0.15, 0.2) is 0 Å². The number of sulfonamides is 1. The van der Waals surface area contributed by atoms with Gasteiger partial charge in [-0.15, -0.1) is 0 Å². The monoisotopic (exact) mass is 579 g/mol. The minimum atomic E-state index is -3.55. The molecule has 3 aromatic carbocycles. The first-order valence-corrected chi connectivity index (χ1v) is 15.5. The summed E-state index contributed by atoms with van der Waals surface area (Å²) in [5.74, 6) is 0.166. The topological polar surface area (TPSA) is 96.0 Å². The number of nitrogens with one attached hydrogen (secondary N) is 1. The summed E-state index contributed by atoms with van der Waals surface area (Å²) in [6.45, 7) is 6.05. The first-order valence-electron chi connectivity index (χ1n) is 13.7. The van der Waals surface area contributed by atoms with Crippen LogP contribution in [0.15, 0.2) is 84.9 Å². The fourth-order valence-electron chi connectivity index (χ4n) is 4.57. The van der Waals surface area contributed by atoms with E-state index in [1.165, 1.54) is 4.31 Å². The zero-order chi connectivity index (χ0) is 30.0. The lowest BCUT2D eigenvalue weighted by molar-refractivity contribution is -0.142. The van der Waals surface area contributed by atoms with Crippen molar-refractivity contribution in [1.82, 2.24) is 10.2 Å². The average molecular weight is 580 g/mol. The Kier molecular flexibility index (Phi) is 10.9. The van der Waals surface area contributed by atoms with Gasteiger partial charge in [0.1, 0.15) is 11.8 Å². The van der Waals surface area contributed by atoms with Crippen molar-refractivity contribution in [2.45, 2.75) is 58.2 Å². The largest absolute Gasteiger partial charge is 0.497 e. The molecule has 1 atom stereocenters. The summed E-state index contributed by atoms with van der Waals surface area (Å²) in [5, 5.41) is 3.05. The van der Waals surface area contributed by atoms with E-state index in [4.69, 9.17) is 4.74 Å². The van der Waals surface area contributed by atoms with Crippen LogP contribution in [0.3, 0.4) is 0 Å². The summed E-state index contributed by atoms with van der Waals surface area (Å²) in [6.07, 6.45) is 1.84.